The van der Waals surface area contributed by atoms with Gasteiger partial charge in [-0.1, -0.05) is 6.07 Å². The molecule has 0 spiro atoms. The van der Waals surface area contributed by atoms with E-state index in [1.54, 1.807) is 0 Å². The van der Waals surface area contributed by atoms with E-state index < -0.39 is 0 Å². The van der Waals surface area contributed by atoms with Crippen molar-refractivity contribution in [3.8, 4) is 0 Å². The first-order valence-electron chi connectivity index (χ1n) is 8.41. The lowest BCUT2D eigenvalue weighted by Crippen LogP contribution is -2.42. The summed E-state index contributed by atoms with van der Waals surface area (Å²) in [7, 11) is 0. The standard InChI is InChI=1S/C18H25N3O2/c1-3-21-9-6-15-4-5-16(12-17(15)21)20-18(22)19-13(2)14-7-10-23-11-8-14/h4-6,9,12-14H,3,7-8,10-11H2,1-2H3,(H2,19,20,22). The van der Waals surface area contributed by atoms with E-state index in [4.69, 9.17) is 4.74 Å². The predicted molar refractivity (Wildman–Crippen MR) is 92.8 cm³/mol. The van der Waals surface area contributed by atoms with Gasteiger partial charge in [0, 0.05) is 37.7 Å². The molecule has 1 atom stereocenters. The number of hydrogen-bond acceptors (Lipinski definition) is 2. The van der Waals surface area contributed by atoms with Gasteiger partial charge in [-0.3, -0.25) is 0 Å². The average Bonchev–Trinajstić information content (AvgIpc) is 2.97. The van der Waals surface area contributed by atoms with Crippen LogP contribution >= 0.6 is 0 Å². The maximum absolute atomic E-state index is 12.2. The molecule has 1 saturated heterocycles. The number of carbonyl (C=O) groups excluding carboxylic acids is 1. The molecule has 3 rings (SSSR count). The largest absolute Gasteiger partial charge is 0.381 e. The molecule has 0 saturated carbocycles. The van der Waals surface area contributed by atoms with Crippen LogP contribution in [0.25, 0.3) is 10.9 Å². The van der Waals surface area contributed by atoms with Crippen molar-refractivity contribution in [2.75, 3.05) is 18.5 Å². The third-order valence-corrected chi connectivity index (χ3v) is 4.70. The minimum absolute atomic E-state index is 0.141. The first-order chi connectivity index (χ1) is 11.2. The fraction of sp³-hybridized carbons (Fsp3) is 0.500. The van der Waals surface area contributed by atoms with Crippen molar-refractivity contribution in [1.29, 1.82) is 0 Å². The minimum Gasteiger partial charge on any atom is -0.381 e. The summed E-state index contributed by atoms with van der Waals surface area (Å²) in [6, 6.07) is 8.12. The molecule has 5 heteroatoms. The molecule has 5 nitrogen and oxygen atoms in total. The van der Waals surface area contributed by atoms with Crippen molar-refractivity contribution in [2.24, 2.45) is 5.92 Å². The van der Waals surface area contributed by atoms with Crippen molar-refractivity contribution in [2.45, 2.75) is 39.3 Å². The highest BCUT2D eigenvalue weighted by molar-refractivity contribution is 5.93. The second kappa shape index (κ2) is 7.04. The quantitative estimate of drug-likeness (QED) is 0.906. The molecule has 2 heterocycles. The number of nitrogens with one attached hydrogen (secondary N) is 2. The van der Waals surface area contributed by atoms with Gasteiger partial charge >= 0.3 is 6.03 Å². The predicted octanol–water partition coefficient (Wildman–Crippen LogP) is 3.60. The molecule has 23 heavy (non-hydrogen) atoms. The lowest BCUT2D eigenvalue weighted by Gasteiger charge is -2.28. The normalized spacial score (nSPS) is 17.1. The first kappa shape index (κ1) is 15.9. The molecule has 0 radical (unpaired) electrons. The summed E-state index contributed by atoms with van der Waals surface area (Å²) in [4.78, 5) is 12.2. The Morgan fingerprint density at radius 2 is 2.13 bits per heavy atom. The van der Waals surface area contributed by atoms with Gasteiger partial charge in [-0.15, -0.1) is 0 Å². The van der Waals surface area contributed by atoms with Gasteiger partial charge in [-0.2, -0.15) is 0 Å². The Labute approximate surface area is 137 Å². The fourth-order valence-electron chi connectivity index (χ4n) is 3.25. The van der Waals surface area contributed by atoms with Crippen LogP contribution in [0, 0.1) is 5.92 Å². The molecule has 1 unspecified atom stereocenters. The zero-order valence-electron chi connectivity index (χ0n) is 13.8. The average molecular weight is 315 g/mol. The number of amides is 2. The molecule has 124 valence electrons. The van der Waals surface area contributed by atoms with E-state index in [-0.39, 0.29) is 12.1 Å². The van der Waals surface area contributed by atoms with E-state index in [9.17, 15) is 4.79 Å². The fourth-order valence-corrected chi connectivity index (χ4v) is 3.25. The van der Waals surface area contributed by atoms with Crippen LogP contribution in [-0.4, -0.2) is 29.9 Å². The number of ether oxygens (including phenoxy) is 1. The van der Waals surface area contributed by atoms with Crippen molar-refractivity contribution >= 4 is 22.6 Å². The summed E-state index contributed by atoms with van der Waals surface area (Å²) in [6.45, 7) is 6.69. The number of nitrogens with zero attached hydrogens (tertiary/aromatic N) is 1. The van der Waals surface area contributed by atoms with Crippen LogP contribution in [-0.2, 0) is 11.3 Å². The second-order valence-electron chi connectivity index (χ2n) is 6.21. The minimum atomic E-state index is -0.141. The van der Waals surface area contributed by atoms with Crippen LogP contribution in [0.5, 0.6) is 0 Å². The molecule has 0 aliphatic carbocycles. The van der Waals surface area contributed by atoms with Crippen molar-refractivity contribution in [1.82, 2.24) is 9.88 Å². The van der Waals surface area contributed by atoms with Gasteiger partial charge in [-0.05, 0) is 56.2 Å². The Kier molecular flexibility index (Phi) is 4.86. The number of aromatic nitrogens is 1. The summed E-state index contributed by atoms with van der Waals surface area (Å²) >= 11 is 0. The Morgan fingerprint density at radius 1 is 1.35 bits per heavy atom. The van der Waals surface area contributed by atoms with E-state index in [1.807, 2.05) is 18.2 Å². The molecule has 1 aromatic heterocycles. The van der Waals surface area contributed by atoms with E-state index in [0.29, 0.717) is 5.92 Å². The molecule has 1 aromatic carbocycles. The third kappa shape index (κ3) is 3.67. The number of hydrogen-bond donors (Lipinski definition) is 2. The SMILES string of the molecule is CCn1ccc2ccc(NC(=O)NC(C)C3CCOCC3)cc21. The Balaban J connectivity index is 1.62. The lowest BCUT2D eigenvalue weighted by atomic mass is 9.93. The number of fused-ring (bicyclic) bond motifs is 1. The maximum Gasteiger partial charge on any atom is 0.319 e. The van der Waals surface area contributed by atoms with E-state index in [0.717, 1.165) is 43.8 Å². The van der Waals surface area contributed by atoms with Gasteiger partial charge < -0.3 is 19.9 Å². The summed E-state index contributed by atoms with van der Waals surface area (Å²) in [5.41, 5.74) is 1.96. The highest BCUT2D eigenvalue weighted by atomic mass is 16.5. The Hall–Kier alpha value is -2.01. The molecule has 1 fully saturated rings. The maximum atomic E-state index is 12.2. The van der Waals surface area contributed by atoms with E-state index >= 15 is 0 Å². The third-order valence-electron chi connectivity index (χ3n) is 4.70. The van der Waals surface area contributed by atoms with Crippen LogP contribution in [0.4, 0.5) is 10.5 Å². The van der Waals surface area contributed by atoms with Gasteiger partial charge in [-0.25, -0.2) is 4.79 Å². The number of anilines is 1. The Bertz CT molecular complexity index is 674. The first-order valence-corrected chi connectivity index (χ1v) is 8.41. The molecule has 2 aromatic rings. The monoisotopic (exact) mass is 315 g/mol. The second-order valence-corrected chi connectivity index (χ2v) is 6.21. The number of rotatable bonds is 4. The number of urea groups is 1. The van der Waals surface area contributed by atoms with Crippen molar-refractivity contribution < 1.29 is 9.53 Å². The van der Waals surface area contributed by atoms with Gasteiger partial charge in [0.2, 0.25) is 0 Å². The van der Waals surface area contributed by atoms with Crippen LogP contribution in [0.1, 0.15) is 26.7 Å². The highest BCUT2D eigenvalue weighted by Gasteiger charge is 2.21. The van der Waals surface area contributed by atoms with Gasteiger partial charge in [0.15, 0.2) is 0 Å². The molecule has 0 bridgehead atoms. The number of aryl methyl sites for hydroxylation is 1. The van der Waals surface area contributed by atoms with Gasteiger partial charge in [0.25, 0.3) is 0 Å². The molecule has 1 aliphatic rings. The molecular weight excluding hydrogens is 290 g/mol. The molecular formula is C18H25N3O2. The zero-order valence-corrected chi connectivity index (χ0v) is 13.8. The summed E-state index contributed by atoms with van der Waals surface area (Å²) in [5.74, 6) is 0.495. The van der Waals surface area contributed by atoms with E-state index in [2.05, 4.69) is 41.3 Å². The topological polar surface area (TPSA) is 55.3 Å². The smallest absolute Gasteiger partial charge is 0.319 e. The number of benzene rings is 1. The van der Waals surface area contributed by atoms with Crippen molar-refractivity contribution in [3.63, 3.8) is 0 Å². The summed E-state index contributed by atoms with van der Waals surface area (Å²) in [6.07, 6.45) is 4.09. The number of carbonyl (C=O) groups is 1. The lowest BCUT2D eigenvalue weighted by molar-refractivity contribution is 0.0573. The molecule has 2 N–H and O–H groups in total. The van der Waals surface area contributed by atoms with Crippen LogP contribution in [0.15, 0.2) is 30.5 Å². The van der Waals surface area contributed by atoms with Crippen LogP contribution in [0.3, 0.4) is 0 Å². The molecule has 1 aliphatic heterocycles. The van der Waals surface area contributed by atoms with Gasteiger partial charge in [0.1, 0.15) is 0 Å². The van der Waals surface area contributed by atoms with Crippen molar-refractivity contribution in [3.05, 3.63) is 30.5 Å². The summed E-state index contributed by atoms with van der Waals surface area (Å²) < 4.78 is 7.54. The van der Waals surface area contributed by atoms with Crippen LogP contribution < -0.4 is 10.6 Å². The summed E-state index contributed by atoms with van der Waals surface area (Å²) in [5, 5.41) is 7.20. The van der Waals surface area contributed by atoms with E-state index in [1.165, 1.54) is 5.39 Å². The molecule has 2 amide bonds. The van der Waals surface area contributed by atoms with Crippen LogP contribution in [0.2, 0.25) is 0 Å². The Morgan fingerprint density at radius 3 is 2.87 bits per heavy atom. The highest BCUT2D eigenvalue weighted by Crippen LogP contribution is 2.21. The van der Waals surface area contributed by atoms with Gasteiger partial charge in [0.05, 0.1) is 5.52 Å². The zero-order chi connectivity index (χ0) is 16.2.